The Kier molecular flexibility index (Phi) is 6.39. The third-order valence-corrected chi connectivity index (χ3v) is 4.44. The SMILES string of the molecule is COc1ccc(Nc2ccc(C(=O)N(C)CCc3ccncc3)nn2)cc1Cl. The minimum atomic E-state index is -0.180. The first-order chi connectivity index (χ1) is 13.6. The maximum absolute atomic E-state index is 12.5. The smallest absolute Gasteiger partial charge is 0.274 e. The predicted octanol–water partition coefficient (Wildman–Crippen LogP) is 3.59. The van der Waals surface area contributed by atoms with E-state index in [0.29, 0.717) is 23.1 Å². The van der Waals surface area contributed by atoms with Gasteiger partial charge in [0.2, 0.25) is 0 Å². The van der Waals surface area contributed by atoms with Gasteiger partial charge in [0, 0.05) is 31.7 Å². The number of benzene rings is 1. The largest absolute Gasteiger partial charge is 0.495 e. The van der Waals surface area contributed by atoms with E-state index in [1.54, 1.807) is 55.7 Å². The average Bonchev–Trinajstić information content (AvgIpc) is 2.73. The number of amides is 1. The molecule has 0 bridgehead atoms. The van der Waals surface area contributed by atoms with E-state index >= 15 is 0 Å². The Labute approximate surface area is 168 Å². The van der Waals surface area contributed by atoms with Gasteiger partial charge in [-0.1, -0.05) is 11.6 Å². The van der Waals surface area contributed by atoms with Crippen molar-refractivity contribution >= 4 is 29.0 Å². The third-order valence-electron chi connectivity index (χ3n) is 4.14. The number of nitrogens with zero attached hydrogens (tertiary/aromatic N) is 4. The number of hydrogen-bond acceptors (Lipinski definition) is 6. The van der Waals surface area contributed by atoms with Gasteiger partial charge in [0.25, 0.3) is 5.91 Å². The summed E-state index contributed by atoms with van der Waals surface area (Å²) in [7, 11) is 3.31. The van der Waals surface area contributed by atoms with Crippen LogP contribution in [0.25, 0.3) is 0 Å². The number of anilines is 2. The molecule has 0 saturated carbocycles. The molecule has 0 fully saturated rings. The molecular weight excluding hydrogens is 378 g/mol. The highest BCUT2D eigenvalue weighted by atomic mass is 35.5. The Bertz CT molecular complexity index is 935. The summed E-state index contributed by atoms with van der Waals surface area (Å²) in [6, 6.07) is 12.5. The molecule has 7 nitrogen and oxygen atoms in total. The summed E-state index contributed by atoms with van der Waals surface area (Å²) in [6.07, 6.45) is 4.23. The van der Waals surface area contributed by atoms with Crippen molar-refractivity contribution in [3.8, 4) is 5.75 Å². The fourth-order valence-corrected chi connectivity index (χ4v) is 2.81. The Morgan fingerprint density at radius 3 is 2.57 bits per heavy atom. The molecule has 0 spiro atoms. The minimum Gasteiger partial charge on any atom is -0.495 e. The lowest BCUT2D eigenvalue weighted by Gasteiger charge is -2.16. The highest BCUT2D eigenvalue weighted by Gasteiger charge is 2.14. The molecule has 2 heterocycles. The van der Waals surface area contributed by atoms with Crippen molar-refractivity contribution in [3.63, 3.8) is 0 Å². The number of methoxy groups -OCH3 is 1. The van der Waals surface area contributed by atoms with E-state index in [9.17, 15) is 4.79 Å². The summed E-state index contributed by atoms with van der Waals surface area (Å²) in [5.41, 5.74) is 2.16. The molecule has 0 aliphatic carbocycles. The molecule has 3 rings (SSSR count). The first-order valence-corrected chi connectivity index (χ1v) is 9.03. The van der Waals surface area contributed by atoms with Crippen molar-refractivity contribution in [1.82, 2.24) is 20.1 Å². The van der Waals surface area contributed by atoms with Gasteiger partial charge in [-0.05, 0) is 54.4 Å². The molecule has 28 heavy (non-hydrogen) atoms. The summed E-state index contributed by atoms with van der Waals surface area (Å²) in [4.78, 5) is 18.1. The highest BCUT2D eigenvalue weighted by molar-refractivity contribution is 6.32. The summed E-state index contributed by atoms with van der Waals surface area (Å²) in [5, 5.41) is 11.7. The Balaban J connectivity index is 1.60. The van der Waals surface area contributed by atoms with Crippen molar-refractivity contribution in [1.29, 1.82) is 0 Å². The molecule has 1 aromatic carbocycles. The van der Waals surface area contributed by atoms with E-state index in [-0.39, 0.29) is 11.6 Å². The molecule has 0 radical (unpaired) electrons. The number of ether oxygens (including phenoxy) is 1. The second-order valence-electron chi connectivity index (χ2n) is 6.11. The minimum absolute atomic E-state index is 0.180. The maximum atomic E-state index is 12.5. The number of aromatic nitrogens is 3. The summed E-state index contributed by atoms with van der Waals surface area (Å²) in [5.74, 6) is 0.923. The number of rotatable bonds is 7. The van der Waals surface area contributed by atoms with E-state index in [1.165, 1.54) is 0 Å². The van der Waals surface area contributed by atoms with Crippen LogP contribution in [-0.4, -0.2) is 46.7 Å². The summed E-state index contributed by atoms with van der Waals surface area (Å²) in [6.45, 7) is 0.578. The second kappa shape index (κ2) is 9.14. The molecule has 2 aromatic heterocycles. The molecule has 0 atom stereocenters. The lowest BCUT2D eigenvalue weighted by molar-refractivity contribution is 0.0789. The molecule has 0 saturated heterocycles. The Morgan fingerprint density at radius 1 is 1.14 bits per heavy atom. The number of likely N-dealkylation sites (N-methyl/N-ethyl adjacent to an activating group) is 1. The van der Waals surface area contributed by atoms with Crippen LogP contribution in [-0.2, 0) is 6.42 Å². The van der Waals surface area contributed by atoms with Gasteiger partial charge in [0.1, 0.15) is 5.75 Å². The lowest BCUT2D eigenvalue weighted by atomic mass is 10.2. The van der Waals surface area contributed by atoms with Gasteiger partial charge >= 0.3 is 0 Å². The van der Waals surface area contributed by atoms with Gasteiger partial charge in [-0.2, -0.15) is 0 Å². The van der Waals surface area contributed by atoms with Gasteiger partial charge in [-0.25, -0.2) is 0 Å². The molecule has 0 unspecified atom stereocenters. The monoisotopic (exact) mass is 397 g/mol. The predicted molar refractivity (Wildman–Crippen MR) is 108 cm³/mol. The molecule has 0 aliphatic rings. The first kappa shape index (κ1) is 19.6. The van der Waals surface area contributed by atoms with Crippen molar-refractivity contribution < 1.29 is 9.53 Å². The lowest BCUT2D eigenvalue weighted by Crippen LogP contribution is -2.29. The molecule has 144 valence electrons. The van der Waals surface area contributed by atoms with Crippen LogP contribution in [0.1, 0.15) is 16.1 Å². The van der Waals surface area contributed by atoms with Crippen LogP contribution in [0.15, 0.2) is 54.9 Å². The third kappa shape index (κ3) is 4.95. The van der Waals surface area contributed by atoms with Crippen molar-refractivity contribution in [3.05, 3.63) is 71.1 Å². The molecule has 1 N–H and O–H groups in total. The summed E-state index contributed by atoms with van der Waals surface area (Å²) >= 11 is 6.12. The maximum Gasteiger partial charge on any atom is 0.274 e. The van der Waals surface area contributed by atoms with Gasteiger partial charge in [0.15, 0.2) is 11.5 Å². The van der Waals surface area contributed by atoms with Crippen LogP contribution < -0.4 is 10.1 Å². The van der Waals surface area contributed by atoms with Gasteiger partial charge in [0.05, 0.1) is 12.1 Å². The number of halogens is 1. The van der Waals surface area contributed by atoms with Crippen LogP contribution >= 0.6 is 11.6 Å². The molecule has 8 heteroatoms. The zero-order chi connectivity index (χ0) is 19.9. The first-order valence-electron chi connectivity index (χ1n) is 8.65. The molecule has 0 aliphatic heterocycles. The van der Waals surface area contributed by atoms with Crippen molar-refractivity contribution in [2.75, 3.05) is 26.0 Å². The van der Waals surface area contributed by atoms with Gasteiger partial charge < -0.3 is 15.0 Å². The van der Waals surface area contributed by atoms with E-state index in [2.05, 4.69) is 20.5 Å². The Hall–Kier alpha value is -3.19. The zero-order valence-electron chi connectivity index (χ0n) is 15.6. The van der Waals surface area contributed by atoms with Crippen LogP contribution in [0.4, 0.5) is 11.5 Å². The van der Waals surface area contributed by atoms with E-state index in [0.717, 1.165) is 17.7 Å². The van der Waals surface area contributed by atoms with Crippen molar-refractivity contribution in [2.45, 2.75) is 6.42 Å². The average molecular weight is 398 g/mol. The van der Waals surface area contributed by atoms with Gasteiger partial charge in [-0.3, -0.25) is 9.78 Å². The van der Waals surface area contributed by atoms with Crippen LogP contribution in [0.2, 0.25) is 5.02 Å². The molecular formula is C20H20ClN5O2. The summed E-state index contributed by atoms with van der Waals surface area (Å²) < 4.78 is 5.13. The van der Waals surface area contributed by atoms with Crippen molar-refractivity contribution in [2.24, 2.45) is 0 Å². The number of pyridine rings is 1. The molecule has 3 aromatic rings. The quantitative estimate of drug-likeness (QED) is 0.656. The fraction of sp³-hybridized carbons (Fsp3) is 0.200. The normalized spacial score (nSPS) is 10.4. The van der Waals surface area contributed by atoms with Crippen LogP contribution in [0, 0.1) is 0 Å². The second-order valence-corrected chi connectivity index (χ2v) is 6.52. The Morgan fingerprint density at radius 2 is 1.93 bits per heavy atom. The van der Waals surface area contributed by atoms with Crippen LogP contribution in [0.3, 0.4) is 0 Å². The zero-order valence-corrected chi connectivity index (χ0v) is 16.3. The topological polar surface area (TPSA) is 80.2 Å². The number of hydrogen-bond donors (Lipinski definition) is 1. The van der Waals surface area contributed by atoms with E-state index in [1.807, 2.05) is 18.2 Å². The standard InChI is InChI=1S/C20H20ClN5O2/c1-26(12-9-14-7-10-22-11-8-14)20(27)17-4-6-19(25-24-17)23-15-3-5-18(28-2)16(21)13-15/h3-8,10-11,13H,9,12H2,1-2H3,(H,23,25). The fourth-order valence-electron chi connectivity index (χ4n) is 2.55. The molecule has 1 amide bonds. The highest BCUT2D eigenvalue weighted by Crippen LogP contribution is 2.28. The number of nitrogens with one attached hydrogen (secondary N) is 1. The van der Waals surface area contributed by atoms with Gasteiger partial charge in [-0.15, -0.1) is 10.2 Å². The number of carbonyl (C=O) groups is 1. The number of carbonyl (C=O) groups excluding carboxylic acids is 1. The van der Waals surface area contributed by atoms with E-state index in [4.69, 9.17) is 16.3 Å². The van der Waals surface area contributed by atoms with Crippen LogP contribution in [0.5, 0.6) is 5.75 Å². The van der Waals surface area contributed by atoms with E-state index < -0.39 is 0 Å².